The maximum atomic E-state index is 13.1. The van der Waals surface area contributed by atoms with Crippen LogP contribution in [0.1, 0.15) is 28.8 Å². The molecular formula is C17H15F4N3O3S. The maximum Gasteiger partial charge on any atom is 0.417 e. The third kappa shape index (κ3) is 4.24. The number of nitrogens with zero attached hydrogens (tertiary/aromatic N) is 2. The average molecular weight is 417 g/mol. The van der Waals surface area contributed by atoms with Crippen LogP contribution in [0.3, 0.4) is 0 Å². The molecule has 6 nitrogen and oxygen atoms in total. The van der Waals surface area contributed by atoms with Crippen molar-refractivity contribution in [3.63, 3.8) is 0 Å². The lowest BCUT2D eigenvalue weighted by Crippen LogP contribution is -2.32. The Morgan fingerprint density at radius 1 is 1.11 bits per heavy atom. The van der Waals surface area contributed by atoms with Crippen LogP contribution in [0.4, 0.5) is 23.4 Å². The molecule has 0 bridgehead atoms. The molecule has 0 atom stereocenters. The molecule has 28 heavy (non-hydrogen) atoms. The van der Waals surface area contributed by atoms with E-state index in [9.17, 15) is 30.8 Å². The first-order chi connectivity index (χ1) is 13.1. The molecule has 1 aliphatic rings. The zero-order valence-corrected chi connectivity index (χ0v) is 15.1. The number of pyridine rings is 1. The lowest BCUT2D eigenvalue weighted by atomic mass is 10.1. The summed E-state index contributed by atoms with van der Waals surface area (Å²) in [6.45, 7) is 1.58. The number of halogens is 4. The minimum absolute atomic E-state index is 0.133. The fourth-order valence-corrected chi connectivity index (χ4v) is 3.76. The van der Waals surface area contributed by atoms with Gasteiger partial charge in [0.15, 0.2) is 0 Å². The molecule has 0 unspecified atom stereocenters. The highest BCUT2D eigenvalue weighted by Crippen LogP contribution is 2.32. The second-order valence-electron chi connectivity index (χ2n) is 6.17. The number of rotatable bonds is 4. The van der Waals surface area contributed by atoms with Crippen molar-refractivity contribution in [3.05, 3.63) is 53.5 Å². The molecule has 3 rings (SSSR count). The Labute approximate surface area is 158 Å². The number of hydrogen-bond donors (Lipinski definition) is 1. The van der Waals surface area contributed by atoms with Gasteiger partial charge in [-0.05, 0) is 43.2 Å². The van der Waals surface area contributed by atoms with E-state index in [1.165, 1.54) is 12.1 Å². The summed E-state index contributed by atoms with van der Waals surface area (Å²) < 4.78 is 78.5. The monoisotopic (exact) mass is 417 g/mol. The van der Waals surface area contributed by atoms with Gasteiger partial charge in [-0.25, -0.2) is 22.5 Å². The Morgan fingerprint density at radius 2 is 1.79 bits per heavy atom. The van der Waals surface area contributed by atoms with E-state index in [0.29, 0.717) is 18.0 Å². The molecule has 11 heteroatoms. The molecule has 0 aliphatic carbocycles. The van der Waals surface area contributed by atoms with Gasteiger partial charge in [0, 0.05) is 19.3 Å². The highest BCUT2D eigenvalue weighted by molar-refractivity contribution is 7.90. The predicted molar refractivity (Wildman–Crippen MR) is 91.7 cm³/mol. The average Bonchev–Trinajstić information content (AvgIpc) is 3.15. The van der Waals surface area contributed by atoms with Crippen molar-refractivity contribution in [2.24, 2.45) is 0 Å². The third-order valence-electron chi connectivity index (χ3n) is 4.22. The van der Waals surface area contributed by atoms with Gasteiger partial charge in [-0.15, -0.1) is 0 Å². The molecule has 150 valence electrons. The number of amides is 1. The quantitative estimate of drug-likeness (QED) is 0.774. The highest BCUT2D eigenvalue weighted by Gasteiger charge is 2.36. The number of anilines is 1. The minimum Gasteiger partial charge on any atom is -0.357 e. The van der Waals surface area contributed by atoms with Crippen molar-refractivity contribution in [2.45, 2.75) is 23.9 Å². The number of carbonyl (C=O) groups excluding carboxylic acids is 1. The van der Waals surface area contributed by atoms with Gasteiger partial charge >= 0.3 is 6.18 Å². The zero-order valence-electron chi connectivity index (χ0n) is 14.3. The van der Waals surface area contributed by atoms with Gasteiger partial charge in [0.1, 0.15) is 16.5 Å². The van der Waals surface area contributed by atoms with Crippen molar-refractivity contribution >= 4 is 21.7 Å². The summed E-state index contributed by atoms with van der Waals surface area (Å²) in [5, 5.41) is 0. The van der Waals surface area contributed by atoms with Gasteiger partial charge in [0.05, 0.1) is 11.1 Å². The van der Waals surface area contributed by atoms with Crippen molar-refractivity contribution in [3.8, 4) is 0 Å². The van der Waals surface area contributed by atoms with Gasteiger partial charge in [0.25, 0.3) is 15.9 Å². The summed E-state index contributed by atoms with van der Waals surface area (Å²) in [6, 6.07) is 4.03. The molecule has 0 saturated carbocycles. The van der Waals surface area contributed by atoms with Gasteiger partial charge in [-0.2, -0.15) is 13.2 Å². The van der Waals surface area contributed by atoms with Gasteiger partial charge in [0.2, 0.25) is 0 Å². The van der Waals surface area contributed by atoms with Crippen LogP contribution in [-0.2, 0) is 16.2 Å². The number of carbonyl (C=O) groups is 1. The summed E-state index contributed by atoms with van der Waals surface area (Å²) >= 11 is 0. The van der Waals surface area contributed by atoms with Crippen LogP contribution >= 0.6 is 0 Å². The van der Waals surface area contributed by atoms with E-state index in [1.807, 2.05) is 4.90 Å². The topological polar surface area (TPSA) is 79.4 Å². The van der Waals surface area contributed by atoms with Crippen LogP contribution in [0.25, 0.3) is 0 Å². The molecule has 1 fully saturated rings. The van der Waals surface area contributed by atoms with Crippen LogP contribution in [0.2, 0.25) is 0 Å². The summed E-state index contributed by atoms with van der Waals surface area (Å²) in [6.07, 6.45) is -2.01. The van der Waals surface area contributed by atoms with E-state index in [-0.39, 0.29) is 11.0 Å². The van der Waals surface area contributed by atoms with E-state index in [0.717, 1.165) is 32.1 Å². The van der Waals surface area contributed by atoms with Crippen molar-refractivity contribution in [2.75, 3.05) is 18.0 Å². The van der Waals surface area contributed by atoms with Crippen molar-refractivity contribution in [1.29, 1.82) is 0 Å². The van der Waals surface area contributed by atoms with Crippen LogP contribution in [0.15, 0.2) is 41.4 Å². The first kappa shape index (κ1) is 20.1. The Balaban J connectivity index is 1.83. The van der Waals surface area contributed by atoms with E-state index >= 15 is 0 Å². The van der Waals surface area contributed by atoms with Crippen LogP contribution in [-0.4, -0.2) is 32.4 Å². The number of benzene rings is 1. The second kappa shape index (κ2) is 7.38. The third-order valence-corrected chi connectivity index (χ3v) is 5.54. The Kier molecular flexibility index (Phi) is 5.28. The molecule has 0 spiro atoms. The number of sulfonamides is 1. The fraction of sp³-hybridized carbons (Fsp3) is 0.294. The molecule has 1 aliphatic heterocycles. The molecule has 1 saturated heterocycles. The fourth-order valence-electron chi connectivity index (χ4n) is 2.85. The van der Waals surface area contributed by atoms with Crippen LogP contribution in [0, 0.1) is 5.82 Å². The number of aromatic nitrogens is 1. The Bertz CT molecular complexity index is 986. The number of alkyl halides is 3. The summed E-state index contributed by atoms with van der Waals surface area (Å²) in [7, 11) is -4.46. The number of hydrogen-bond acceptors (Lipinski definition) is 5. The van der Waals surface area contributed by atoms with Crippen LogP contribution < -0.4 is 9.62 Å². The van der Waals surface area contributed by atoms with Crippen molar-refractivity contribution in [1.82, 2.24) is 9.71 Å². The molecular weight excluding hydrogens is 402 g/mol. The second-order valence-corrected chi connectivity index (χ2v) is 7.85. The molecule has 1 N–H and O–H groups in total. The standard InChI is InChI=1S/C17H15F4N3O3S/c18-11-3-5-13(14(9-11)17(19,20)21)16(25)23-28(26,27)12-4-6-15(22-10-12)24-7-1-2-8-24/h3-6,9-10H,1-2,7-8H2,(H,23,25). The molecule has 1 amide bonds. The van der Waals surface area contributed by atoms with Gasteiger partial charge in [-0.3, -0.25) is 4.79 Å². The summed E-state index contributed by atoms with van der Waals surface area (Å²) in [4.78, 5) is 17.8. The maximum absolute atomic E-state index is 13.1. The van der Waals surface area contributed by atoms with Crippen LogP contribution in [0.5, 0.6) is 0 Å². The smallest absolute Gasteiger partial charge is 0.357 e. The molecule has 1 aromatic heterocycles. The Hall–Kier alpha value is -2.69. The Morgan fingerprint density at radius 3 is 2.36 bits per heavy atom. The van der Waals surface area contributed by atoms with Crippen molar-refractivity contribution < 1.29 is 30.8 Å². The van der Waals surface area contributed by atoms with E-state index in [2.05, 4.69) is 4.98 Å². The molecule has 2 heterocycles. The summed E-state index contributed by atoms with van der Waals surface area (Å²) in [5.41, 5.74) is -2.57. The highest BCUT2D eigenvalue weighted by atomic mass is 32.2. The SMILES string of the molecule is O=C(NS(=O)(=O)c1ccc(N2CCCC2)nc1)c1ccc(F)cc1C(F)(F)F. The molecule has 2 aromatic rings. The summed E-state index contributed by atoms with van der Waals surface area (Å²) in [5.74, 6) is -2.15. The lowest BCUT2D eigenvalue weighted by Gasteiger charge is -2.16. The van der Waals surface area contributed by atoms with Gasteiger partial charge < -0.3 is 4.90 Å². The largest absolute Gasteiger partial charge is 0.417 e. The zero-order chi connectivity index (χ0) is 20.5. The first-order valence-corrected chi connectivity index (χ1v) is 9.71. The van der Waals surface area contributed by atoms with E-state index in [4.69, 9.17) is 0 Å². The number of nitrogens with one attached hydrogen (secondary N) is 1. The first-order valence-electron chi connectivity index (χ1n) is 8.23. The predicted octanol–water partition coefficient (Wildman–Crippen LogP) is 2.96. The van der Waals surface area contributed by atoms with E-state index in [1.54, 1.807) is 4.72 Å². The molecule has 0 radical (unpaired) electrons. The normalized spacial score (nSPS) is 14.9. The minimum atomic E-state index is -5.03. The van der Waals surface area contributed by atoms with Gasteiger partial charge in [-0.1, -0.05) is 0 Å². The lowest BCUT2D eigenvalue weighted by molar-refractivity contribution is -0.138. The molecule has 1 aromatic carbocycles. The van der Waals surface area contributed by atoms with E-state index < -0.39 is 39.1 Å².